The summed E-state index contributed by atoms with van der Waals surface area (Å²) in [5, 5.41) is 5.58. The molecule has 2 atom stereocenters. The molecule has 1 aliphatic heterocycles. The third kappa shape index (κ3) is 4.19. The molecule has 0 unspecified atom stereocenters. The number of ether oxygens (including phenoxy) is 1. The molecule has 0 saturated carbocycles. The monoisotopic (exact) mass is 355 g/mol. The Bertz CT molecular complexity index is 568. The van der Waals surface area contributed by atoms with E-state index in [4.69, 9.17) is 4.74 Å². The largest absolute Gasteiger partial charge is 0.496 e. The van der Waals surface area contributed by atoms with Crippen molar-refractivity contribution in [3.8, 4) is 5.75 Å². The molecule has 1 aliphatic rings. The van der Waals surface area contributed by atoms with Crippen LogP contribution in [0.3, 0.4) is 0 Å². The first-order valence-electron chi connectivity index (χ1n) is 8.02. The van der Waals surface area contributed by atoms with Crippen molar-refractivity contribution in [1.29, 1.82) is 0 Å². The Morgan fingerprint density at radius 2 is 2.08 bits per heavy atom. The van der Waals surface area contributed by atoms with Gasteiger partial charge < -0.3 is 15.4 Å². The van der Waals surface area contributed by atoms with Crippen molar-refractivity contribution in [2.24, 2.45) is 0 Å². The summed E-state index contributed by atoms with van der Waals surface area (Å²) in [5.41, 5.74) is 0.783. The number of rotatable bonds is 6. The molecule has 24 heavy (non-hydrogen) atoms. The second-order valence-electron chi connectivity index (χ2n) is 5.55. The van der Waals surface area contributed by atoms with E-state index in [1.165, 1.54) is 0 Å². The van der Waals surface area contributed by atoms with Crippen molar-refractivity contribution < 1.29 is 14.3 Å². The van der Waals surface area contributed by atoms with Gasteiger partial charge in [0.1, 0.15) is 11.8 Å². The maximum absolute atomic E-state index is 12.6. The number of hydrogen-bond acceptors (Lipinski definition) is 4. The fourth-order valence-electron chi connectivity index (χ4n) is 3.17. The van der Waals surface area contributed by atoms with Gasteiger partial charge in [-0.05, 0) is 25.8 Å². The Labute approximate surface area is 149 Å². The first kappa shape index (κ1) is 20.3. The van der Waals surface area contributed by atoms with Gasteiger partial charge in [0.2, 0.25) is 11.8 Å². The van der Waals surface area contributed by atoms with E-state index < -0.39 is 6.04 Å². The van der Waals surface area contributed by atoms with Crippen LogP contribution in [0, 0.1) is 0 Å². The number of nitrogens with one attached hydrogen (secondary N) is 2. The molecule has 134 valence electrons. The molecule has 1 aromatic rings. The topological polar surface area (TPSA) is 70.7 Å². The standard InChI is InChI=1S/C17H25N3O3.ClH/c1-4-19-16(21)13-9-7-11-20(13)15(17(22)18-2)12-8-5-6-10-14(12)23-3;/h5-6,8,10,13,15H,4,7,9,11H2,1-3H3,(H,18,22)(H,19,21);1H/t13-,15+;/m0./s1. The summed E-state index contributed by atoms with van der Waals surface area (Å²) in [5.74, 6) is 0.502. The summed E-state index contributed by atoms with van der Waals surface area (Å²) >= 11 is 0. The molecule has 0 bridgehead atoms. The van der Waals surface area contributed by atoms with Crippen molar-refractivity contribution in [2.45, 2.75) is 31.8 Å². The lowest BCUT2D eigenvalue weighted by molar-refractivity contribution is -0.131. The molecule has 0 aliphatic carbocycles. The van der Waals surface area contributed by atoms with Crippen LogP contribution in [0.2, 0.25) is 0 Å². The van der Waals surface area contributed by atoms with Gasteiger partial charge >= 0.3 is 0 Å². The van der Waals surface area contributed by atoms with E-state index >= 15 is 0 Å². The molecule has 0 aromatic heterocycles. The number of hydrogen-bond donors (Lipinski definition) is 2. The molecule has 1 saturated heterocycles. The van der Waals surface area contributed by atoms with Crippen LogP contribution in [-0.4, -0.2) is 50.0 Å². The number of carbonyl (C=O) groups is 2. The Hall–Kier alpha value is -1.79. The van der Waals surface area contributed by atoms with E-state index in [0.29, 0.717) is 18.8 Å². The zero-order valence-corrected chi connectivity index (χ0v) is 15.2. The first-order chi connectivity index (χ1) is 11.1. The first-order valence-corrected chi connectivity index (χ1v) is 8.02. The van der Waals surface area contributed by atoms with Gasteiger partial charge in [0.05, 0.1) is 13.2 Å². The Balaban J connectivity index is 0.00000288. The lowest BCUT2D eigenvalue weighted by Crippen LogP contribution is -2.48. The maximum atomic E-state index is 12.6. The summed E-state index contributed by atoms with van der Waals surface area (Å²) in [6.07, 6.45) is 1.65. The average Bonchev–Trinajstić information content (AvgIpc) is 3.05. The van der Waals surface area contributed by atoms with E-state index in [1.807, 2.05) is 36.1 Å². The van der Waals surface area contributed by atoms with Gasteiger partial charge in [0.25, 0.3) is 0 Å². The normalized spacial score (nSPS) is 18.4. The molecule has 2 amide bonds. The molecular weight excluding hydrogens is 330 g/mol. The minimum Gasteiger partial charge on any atom is -0.496 e. The van der Waals surface area contributed by atoms with Gasteiger partial charge in [0, 0.05) is 25.7 Å². The average molecular weight is 356 g/mol. The van der Waals surface area contributed by atoms with Crippen LogP contribution in [-0.2, 0) is 9.59 Å². The minimum absolute atomic E-state index is 0. The van der Waals surface area contributed by atoms with Crippen LogP contribution in [0.25, 0.3) is 0 Å². The smallest absolute Gasteiger partial charge is 0.241 e. The Kier molecular flexibility index (Phi) is 8.01. The fourth-order valence-corrected chi connectivity index (χ4v) is 3.17. The number of para-hydroxylation sites is 1. The summed E-state index contributed by atoms with van der Waals surface area (Å²) in [6, 6.07) is 6.64. The van der Waals surface area contributed by atoms with Gasteiger partial charge in [-0.2, -0.15) is 0 Å². The van der Waals surface area contributed by atoms with Crippen LogP contribution in [0.15, 0.2) is 24.3 Å². The van der Waals surface area contributed by atoms with Crippen LogP contribution in [0.5, 0.6) is 5.75 Å². The SMILES string of the molecule is CCNC(=O)[C@@H]1CCCN1[C@@H](C(=O)NC)c1ccccc1OC.Cl. The zero-order valence-electron chi connectivity index (χ0n) is 14.4. The minimum atomic E-state index is -0.536. The number of nitrogens with zero attached hydrogens (tertiary/aromatic N) is 1. The highest BCUT2D eigenvalue weighted by Gasteiger charge is 2.39. The summed E-state index contributed by atoms with van der Waals surface area (Å²) in [6.45, 7) is 3.19. The van der Waals surface area contributed by atoms with Gasteiger partial charge in [-0.1, -0.05) is 18.2 Å². The molecule has 6 nitrogen and oxygen atoms in total. The van der Waals surface area contributed by atoms with Gasteiger partial charge in [-0.3, -0.25) is 14.5 Å². The number of carbonyl (C=O) groups excluding carboxylic acids is 2. The molecule has 0 radical (unpaired) electrons. The molecule has 0 spiro atoms. The van der Waals surface area contributed by atoms with Crippen molar-refractivity contribution in [1.82, 2.24) is 15.5 Å². The van der Waals surface area contributed by atoms with Crippen molar-refractivity contribution in [3.05, 3.63) is 29.8 Å². The number of amides is 2. The summed E-state index contributed by atoms with van der Waals surface area (Å²) < 4.78 is 5.42. The second-order valence-corrected chi connectivity index (χ2v) is 5.55. The third-order valence-electron chi connectivity index (χ3n) is 4.21. The number of methoxy groups -OCH3 is 1. The molecule has 1 aromatic carbocycles. The van der Waals surface area contributed by atoms with Crippen molar-refractivity contribution in [3.63, 3.8) is 0 Å². The predicted octanol–water partition coefficient (Wildman–Crippen LogP) is 1.50. The summed E-state index contributed by atoms with van der Waals surface area (Å²) in [4.78, 5) is 26.9. The quantitative estimate of drug-likeness (QED) is 0.811. The lowest BCUT2D eigenvalue weighted by Gasteiger charge is -2.32. The van der Waals surface area contributed by atoms with E-state index in [0.717, 1.165) is 18.4 Å². The van der Waals surface area contributed by atoms with E-state index in [9.17, 15) is 9.59 Å². The Morgan fingerprint density at radius 3 is 2.71 bits per heavy atom. The predicted molar refractivity (Wildman–Crippen MR) is 95.5 cm³/mol. The molecule has 1 heterocycles. The van der Waals surface area contributed by atoms with Crippen LogP contribution >= 0.6 is 12.4 Å². The molecule has 7 heteroatoms. The van der Waals surface area contributed by atoms with Crippen LogP contribution in [0.4, 0.5) is 0 Å². The Morgan fingerprint density at radius 1 is 1.38 bits per heavy atom. The number of likely N-dealkylation sites (N-methyl/N-ethyl adjacent to an activating group) is 2. The van der Waals surface area contributed by atoms with E-state index in [1.54, 1.807) is 14.2 Å². The van der Waals surface area contributed by atoms with Crippen molar-refractivity contribution in [2.75, 3.05) is 27.2 Å². The van der Waals surface area contributed by atoms with Gasteiger partial charge in [-0.15, -0.1) is 12.4 Å². The van der Waals surface area contributed by atoms with E-state index in [-0.39, 0.29) is 30.3 Å². The highest BCUT2D eigenvalue weighted by molar-refractivity contribution is 5.87. The summed E-state index contributed by atoms with van der Waals surface area (Å²) in [7, 11) is 3.20. The lowest BCUT2D eigenvalue weighted by atomic mass is 10.0. The van der Waals surface area contributed by atoms with Gasteiger partial charge in [0.15, 0.2) is 0 Å². The highest BCUT2D eigenvalue weighted by Crippen LogP contribution is 2.34. The van der Waals surface area contributed by atoms with Crippen LogP contribution in [0.1, 0.15) is 31.4 Å². The van der Waals surface area contributed by atoms with Crippen molar-refractivity contribution >= 4 is 24.2 Å². The number of likely N-dealkylation sites (tertiary alicyclic amines) is 1. The number of halogens is 1. The zero-order chi connectivity index (χ0) is 16.8. The van der Waals surface area contributed by atoms with Gasteiger partial charge in [-0.25, -0.2) is 0 Å². The third-order valence-corrected chi connectivity index (χ3v) is 4.21. The molecule has 1 fully saturated rings. The second kappa shape index (κ2) is 9.49. The van der Waals surface area contributed by atoms with E-state index in [2.05, 4.69) is 10.6 Å². The van der Waals surface area contributed by atoms with Crippen LogP contribution < -0.4 is 15.4 Å². The maximum Gasteiger partial charge on any atom is 0.241 e. The highest BCUT2D eigenvalue weighted by atomic mass is 35.5. The number of benzene rings is 1. The fraction of sp³-hybridized carbons (Fsp3) is 0.529. The molecule has 2 N–H and O–H groups in total. The molecular formula is C17H26ClN3O3. The molecule has 2 rings (SSSR count).